The first-order valence-corrected chi connectivity index (χ1v) is 7.81. The molecule has 20 heavy (non-hydrogen) atoms. The molecule has 2 aliphatic rings. The minimum atomic E-state index is -0.235. The maximum Gasteiger partial charge on any atom is 0.487 e. The molecule has 0 aliphatic carbocycles. The summed E-state index contributed by atoms with van der Waals surface area (Å²) in [7, 11) is -0.184. The summed E-state index contributed by atoms with van der Waals surface area (Å²) in [5, 5.41) is 0. The Labute approximate surface area is 124 Å². The lowest BCUT2D eigenvalue weighted by atomic mass is 9.83. The van der Waals surface area contributed by atoms with Gasteiger partial charge in [0, 0.05) is 18.6 Å². The molecule has 0 aromatic rings. The Balaban J connectivity index is 1.95. The fourth-order valence-corrected chi connectivity index (χ4v) is 2.78. The molecule has 0 spiro atoms. The number of piperidine rings is 1. The van der Waals surface area contributed by atoms with Crippen LogP contribution in [-0.2, 0) is 9.31 Å². The summed E-state index contributed by atoms with van der Waals surface area (Å²) in [5.74, 6) is 2.20. The predicted octanol–water partition coefficient (Wildman–Crippen LogP) is 3.44. The smallest absolute Gasteiger partial charge is 0.400 e. The molecular weight excluding hydrogens is 249 g/mol. The quantitative estimate of drug-likeness (QED) is 0.686. The van der Waals surface area contributed by atoms with E-state index in [1.54, 1.807) is 0 Å². The second kappa shape index (κ2) is 5.15. The van der Waals surface area contributed by atoms with E-state index in [-0.39, 0.29) is 23.9 Å². The van der Waals surface area contributed by atoms with Crippen LogP contribution in [0.15, 0.2) is 11.5 Å². The molecular formula is C16H30BNO2. The fourth-order valence-electron chi connectivity index (χ4n) is 2.78. The van der Waals surface area contributed by atoms with Crippen LogP contribution in [0.5, 0.6) is 0 Å². The van der Waals surface area contributed by atoms with Gasteiger partial charge in [-0.15, -0.1) is 0 Å². The van der Waals surface area contributed by atoms with Gasteiger partial charge in [0.25, 0.3) is 0 Å². The Kier molecular flexibility index (Phi) is 4.14. The number of likely N-dealkylation sites (tertiary alicyclic amines) is 1. The predicted molar refractivity (Wildman–Crippen MR) is 84.7 cm³/mol. The monoisotopic (exact) mass is 279 g/mol. The molecule has 4 heteroatoms. The Bertz CT molecular complexity index is 370. The van der Waals surface area contributed by atoms with Crippen molar-refractivity contribution in [2.24, 2.45) is 0 Å². The Morgan fingerprint density at radius 1 is 1.00 bits per heavy atom. The summed E-state index contributed by atoms with van der Waals surface area (Å²) in [6.07, 6.45) is 2.25. The first-order valence-electron chi connectivity index (χ1n) is 7.81. The van der Waals surface area contributed by atoms with Crippen LogP contribution in [0.2, 0.25) is 0 Å². The largest absolute Gasteiger partial charge is 0.487 e. The van der Waals surface area contributed by atoms with Crippen molar-refractivity contribution < 1.29 is 9.31 Å². The zero-order chi connectivity index (χ0) is 15.2. The van der Waals surface area contributed by atoms with Crippen LogP contribution in [0, 0.1) is 0 Å². The second-order valence-electron chi connectivity index (χ2n) is 8.11. The molecule has 0 amide bonds. The minimum absolute atomic E-state index is 0.184. The first kappa shape index (κ1) is 16.1. The highest BCUT2D eigenvalue weighted by Gasteiger charge is 2.50. The van der Waals surface area contributed by atoms with E-state index in [4.69, 9.17) is 9.31 Å². The van der Waals surface area contributed by atoms with Crippen LogP contribution in [0.25, 0.3) is 0 Å². The maximum atomic E-state index is 6.05. The van der Waals surface area contributed by atoms with Crippen molar-refractivity contribution in [1.29, 1.82) is 0 Å². The number of hydrogen-bond donors (Lipinski definition) is 0. The van der Waals surface area contributed by atoms with Crippen molar-refractivity contribution >= 4 is 7.12 Å². The lowest BCUT2D eigenvalue weighted by Gasteiger charge is -2.39. The van der Waals surface area contributed by atoms with Crippen molar-refractivity contribution in [2.75, 3.05) is 13.1 Å². The summed E-state index contributed by atoms with van der Waals surface area (Å²) in [4.78, 5) is 2.55. The third-order valence-corrected chi connectivity index (χ3v) is 5.00. The van der Waals surface area contributed by atoms with Crippen molar-refractivity contribution in [3.05, 3.63) is 11.5 Å². The Hall–Kier alpha value is -0.315. The van der Waals surface area contributed by atoms with Crippen LogP contribution < -0.4 is 0 Å². The van der Waals surface area contributed by atoms with Crippen LogP contribution in [0.1, 0.15) is 61.3 Å². The average Bonchev–Trinajstić information content (AvgIpc) is 2.46. The van der Waals surface area contributed by atoms with E-state index in [2.05, 4.69) is 59.3 Å². The molecule has 2 fully saturated rings. The van der Waals surface area contributed by atoms with E-state index >= 15 is 0 Å². The molecule has 0 aromatic carbocycles. The second-order valence-corrected chi connectivity index (χ2v) is 8.11. The highest BCUT2D eigenvalue weighted by molar-refractivity contribution is 6.51. The van der Waals surface area contributed by atoms with Gasteiger partial charge < -0.3 is 9.31 Å². The summed E-state index contributed by atoms with van der Waals surface area (Å²) < 4.78 is 12.1. The van der Waals surface area contributed by atoms with Gasteiger partial charge in [-0.3, -0.25) is 4.90 Å². The summed E-state index contributed by atoms with van der Waals surface area (Å²) in [6, 6.07) is 0. The maximum absolute atomic E-state index is 6.05. The van der Waals surface area contributed by atoms with Gasteiger partial charge in [0.2, 0.25) is 0 Å². The SMILES string of the molecule is CC(C)(C)N1CCC(=CB2OC(C)(C)C(C)(C)O2)CC1. The molecule has 0 bridgehead atoms. The minimum Gasteiger partial charge on any atom is -0.400 e. The molecule has 2 aliphatic heterocycles. The van der Waals surface area contributed by atoms with E-state index in [1.807, 2.05) is 0 Å². The number of hydrogen-bond acceptors (Lipinski definition) is 3. The van der Waals surface area contributed by atoms with Crippen LogP contribution in [0.3, 0.4) is 0 Å². The van der Waals surface area contributed by atoms with Crippen molar-refractivity contribution in [3.63, 3.8) is 0 Å². The van der Waals surface area contributed by atoms with E-state index in [1.165, 1.54) is 5.57 Å². The van der Waals surface area contributed by atoms with Gasteiger partial charge in [0.15, 0.2) is 0 Å². The third kappa shape index (κ3) is 3.29. The molecule has 0 unspecified atom stereocenters. The lowest BCUT2D eigenvalue weighted by molar-refractivity contribution is 0.00578. The molecule has 2 heterocycles. The van der Waals surface area contributed by atoms with E-state index < -0.39 is 0 Å². The van der Waals surface area contributed by atoms with Gasteiger partial charge in [-0.25, -0.2) is 0 Å². The molecule has 2 rings (SSSR count). The molecule has 0 aromatic heterocycles. The third-order valence-electron chi connectivity index (χ3n) is 5.00. The molecule has 0 atom stereocenters. The van der Waals surface area contributed by atoms with Crippen LogP contribution >= 0.6 is 0 Å². The molecule has 0 N–H and O–H groups in total. The highest BCUT2D eigenvalue weighted by atomic mass is 16.7. The van der Waals surface area contributed by atoms with Crippen molar-refractivity contribution in [2.45, 2.75) is 78.0 Å². The first-order chi connectivity index (χ1) is 9.01. The van der Waals surface area contributed by atoms with Crippen LogP contribution in [-0.4, -0.2) is 41.8 Å². The van der Waals surface area contributed by atoms with Gasteiger partial charge in [-0.05, 0) is 61.3 Å². The van der Waals surface area contributed by atoms with Crippen LogP contribution in [0.4, 0.5) is 0 Å². The number of nitrogens with zero attached hydrogens (tertiary/aromatic N) is 1. The van der Waals surface area contributed by atoms with Crippen molar-refractivity contribution in [3.8, 4) is 0 Å². The fraction of sp³-hybridized carbons (Fsp3) is 0.875. The zero-order valence-corrected chi connectivity index (χ0v) is 14.2. The van der Waals surface area contributed by atoms with E-state index in [0.717, 1.165) is 25.9 Å². The van der Waals surface area contributed by atoms with E-state index in [0.29, 0.717) is 0 Å². The summed E-state index contributed by atoms with van der Waals surface area (Å²) in [5.41, 5.74) is 1.28. The topological polar surface area (TPSA) is 21.7 Å². The van der Waals surface area contributed by atoms with Crippen molar-refractivity contribution in [1.82, 2.24) is 4.90 Å². The van der Waals surface area contributed by atoms with Gasteiger partial charge in [-0.1, -0.05) is 11.5 Å². The molecule has 0 radical (unpaired) electrons. The van der Waals surface area contributed by atoms with Gasteiger partial charge in [0.05, 0.1) is 11.2 Å². The Morgan fingerprint density at radius 2 is 1.45 bits per heavy atom. The number of rotatable bonds is 1. The highest BCUT2D eigenvalue weighted by Crippen LogP contribution is 2.37. The van der Waals surface area contributed by atoms with Gasteiger partial charge >= 0.3 is 7.12 Å². The van der Waals surface area contributed by atoms with Gasteiger partial charge in [0.1, 0.15) is 0 Å². The molecule has 114 valence electrons. The van der Waals surface area contributed by atoms with E-state index in [9.17, 15) is 0 Å². The lowest BCUT2D eigenvalue weighted by Crippen LogP contribution is -2.44. The normalized spacial score (nSPS) is 26.9. The zero-order valence-electron chi connectivity index (χ0n) is 14.2. The average molecular weight is 279 g/mol. The molecule has 2 saturated heterocycles. The summed E-state index contributed by atoms with van der Waals surface area (Å²) in [6.45, 7) is 17.5. The molecule has 3 nitrogen and oxygen atoms in total. The molecule has 0 saturated carbocycles. The standard InChI is InChI=1S/C16H30BNO2/c1-14(2,3)18-10-8-13(9-11-18)12-17-19-15(4,5)16(6,7)20-17/h12H,8-11H2,1-7H3. The van der Waals surface area contributed by atoms with Gasteiger partial charge in [-0.2, -0.15) is 0 Å². The Morgan fingerprint density at radius 3 is 1.85 bits per heavy atom. The summed E-state index contributed by atoms with van der Waals surface area (Å²) >= 11 is 0.